The molecule has 110 valence electrons. The normalized spacial score (nSPS) is 15.2. The van der Waals surface area contributed by atoms with E-state index in [2.05, 4.69) is 15.6 Å². The summed E-state index contributed by atoms with van der Waals surface area (Å²) in [7, 11) is 1.65. The van der Waals surface area contributed by atoms with E-state index in [1.807, 2.05) is 6.07 Å². The standard InChI is InChI=1S/C15H23N3O2/c1-20-10-4-9-16-15(19)14-8-7-13(11-17-14)18-12-5-2-3-6-12/h7-8,11-12,18H,2-6,9-10H2,1H3,(H,16,19). The highest BCUT2D eigenvalue weighted by atomic mass is 16.5. The lowest BCUT2D eigenvalue weighted by atomic mass is 10.2. The van der Waals surface area contributed by atoms with Crippen LogP contribution >= 0.6 is 0 Å². The molecule has 1 saturated carbocycles. The number of nitrogens with one attached hydrogen (secondary N) is 2. The number of pyridine rings is 1. The highest BCUT2D eigenvalue weighted by Gasteiger charge is 2.14. The molecular formula is C15H23N3O2. The topological polar surface area (TPSA) is 63.2 Å². The van der Waals surface area contributed by atoms with Crippen LogP contribution in [-0.2, 0) is 4.74 Å². The second-order valence-electron chi connectivity index (χ2n) is 5.16. The molecule has 1 heterocycles. The Morgan fingerprint density at radius 3 is 2.85 bits per heavy atom. The molecule has 0 atom stereocenters. The summed E-state index contributed by atoms with van der Waals surface area (Å²) in [6, 6.07) is 4.25. The molecule has 0 aromatic carbocycles. The summed E-state index contributed by atoms with van der Waals surface area (Å²) in [5, 5.41) is 6.28. The van der Waals surface area contributed by atoms with Crippen molar-refractivity contribution in [1.29, 1.82) is 0 Å². The van der Waals surface area contributed by atoms with Crippen molar-refractivity contribution in [2.75, 3.05) is 25.6 Å². The van der Waals surface area contributed by atoms with Crippen molar-refractivity contribution >= 4 is 11.6 Å². The van der Waals surface area contributed by atoms with Crippen molar-refractivity contribution in [3.63, 3.8) is 0 Å². The number of anilines is 1. The number of ether oxygens (including phenoxy) is 1. The number of methoxy groups -OCH3 is 1. The van der Waals surface area contributed by atoms with Crippen LogP contribution in [0, 0.1) is 0 Å². The number of hydrogen-bond acceptors (Lipinski definition) is 4. The SMILES string of the molecule is COCCCNC(=O)c1ccc(NC2CCCC2)cn1. The van der Waals surface area contributed by atoms with Crippen molar-refractivity contribution < 1.29 is 9.53 Å². The fourth-order valence-electron chi connectivity index (χ4n) is 2.43. The maximum Gasteiger partial charge on any atom is 0.269 e. The zero-order valence-electron chi connectivity index (χ0n) is 12.0. The van der Waals surface area contributed by atoms with Crippen LogP contribution in [0.1, 0.15) is 42.6 Å². The Balaban J connectivity index is 1.79. The Kier molecular flexibility index (Phi) is 5.80. The minimum absolute atomic E-state index is 0.131. The largest absolute Gasteiger partial charge is 0.385 e. The molecule has 2 N–H and O–H groups in total. The molecule has 0 radical (unpaired) electrons. The third-order valence-electron chi connectivity index (χ3n) is 3.53. The maximum absolute atomic E-state index is 11.8. The van der Waals surface area contributed by atoms with E-state index in [0.29, 0.717) is 24.9 Å². The van der Waals surface area contributed by atoms with Gasteiger partial charge in [0.1, 0.15) is 5.69 Å². The van der Waals surface area contributed by atoms with Gasteiger partial charge in [-0.3, -0.25) is 4.79 Å². The van der Waals surface area contributed by atoms with Crippen molar-refractivity contribution in [2.45, 2.75) is 38.1 Å². The summed E-state index contributed by atoms with van der Waals surface area (Å²) < 4.78 is 4.93. The lowest BCUT2D eigenvalue weighted by molar-refractivity contribution is 0.0943. The number of rotatable bonds is 7. The summed E-state index contributed by atoms with van der Waals surface area (Å²) in [5.41, 5.74) is 1.45. The predicted octanol–water partition coefficient (Wildman–Crippen LogP) is 2.20. The van der Waals surface area contributed by atoms with Crippen LogP contribution in [0.25, 0.3) is 0 Å². The van der Waals surface area contributed by atoms with Crippen LogP contribution in [0.5, 0.6) is 0 Å². The van der Waals surface area contributed by atoms with Crippen LogP contribution in [0.3, 0.4) is 0 Å². The van der Waals surface area contributed by atoms with Crippen LogP contribution in [-0.4, -0.2) is 37.2 Å². The van der Waals surface area contributed by atoms with Gasteiger partial charge in [-0.2, -0.15) is 0 Å². The highest BCUT2D eigenvalue weighted by Crippen LogP contribution is 2.21. The quantitative estimate of drug-likeness (QED) is 0.750. The van der Waals surface area contributed by atoms with E-state index < -0.39 is 0 Å². The molecule has 1 aliphatic carbocycles. The van der Waals surface area contributed by atoms with E-state index >= 15 is 0 Å². The van der Waals surface area contributed by atoms with Gasteiger partial charge in [0.15, 0.2) is 0 Å². The van der Waals surface area contributed by atoms with Crippen molar-refractivity contribution in [3.05, 3.63) is 24.0 Å². The van der Waals surface area contributed by atoms with Gasteiger partial charge in [-0.15, -0.1) is 0 Å². The van der Waals surface area contributed by atoms with Gasteiger partial charge in [-0.25, -0.2) is 4.98 Å². The predicted molar refractivity (Wildman–Crippen MR) is 78.9 cm³/mol. The van der Waals surface area contributed by atoms with E-state index in [0.717, 1.165) is 12.1 Å². The lowest BCUT2D eigenvalue weighted by Gasteiger charge is -2.13. The molecule has 20 heavy (non-hydrogen) atoms. The third-order valence-corrected chi connectivity index (χ3v) is 3.53. The first-order valence-electron chi connectivity index (χ1n) is 7.29. The summed E-state index contributed by atoms with van der Waals surface area (Å²) in [6.45, 7) is 1.26. The van der Waals surface area contributed by atoms with E-state index in [-0.39, 0.29) is 5.91 Å². The molecule has 0 aliphatic heterocycles. The Morgan fingerprint density at radius 1 is 1.40 bits per heavy atom. The number of hydrogen-bond donors (Lipinski definition) is 2. The molecule has 0 unspecified atom stereocenters. The zero-order chi connectivity index (χ0) is 14.2. The van der Waals surface area contributed by atoms with Gasteiger partial charge in [-0.1, -0.05) is 12.8 Å². The van der Waals surface area contributed by atoms with E-state index in [1.54, 1.807) is 19.4 Å². The minimum atomic E-state index is -0.131. The van der Waals surface area contributed by atoms with Gasteiger partial charge < -0.3 is 15.4 Å². The average Bonchev–Trinajstić information content (AvgIpc) is 2.97. The number of aromatic nitrogens is 1. The molecule has 0 bridgehead atoms. The summed E-state index contributed by atoms with van der Waals surface area (Å²) in [5.74, 6) is -0.131. The number of carbonyl (C=O) groups excluding carboxylic acids is 1. The van der Waals surface area contributed by atoms with Gasteiger partial charge in [0, 0.05) is 26.3 Å². The molecule has 1 aliphatic rings. The van der Waals surface area contributed by atoms with Crippen LogP contribution in [0.4, 0.5) is 5.69 Å². The molecule has 5 heteroatoms. The molecule has 1 fully saturated rings. The Bertz CT molecular complexity index is 414. The molecular weight excluding hydrogens is 254 g/mol. The molecule has 1 aromatic heterocycles. The number of carbonyl (C=O) groups is 1. The third kappa shape index (κ3) is 4.49. The zero-order valence-corrected chi connectivity index (χ0v) is 12.0. The molecule has 0 spiro atoms. The second kappa shape index (κ2) is 7.85. The Hall–Kier alpha value is -1.62. The fraction of sp³-hybridized carbons (Fsp3) is 0.600. The van der Waals surface area contributed by atoms with Gasteiger partial charge in [0.25, 0.3) is 5.91 Å². The number of nitrogens with zero attached hydrogens (tertiary/aromatic N) is 1. The van der Waals surface area contributed by atoms with Crippen LogP contribution in [0.2, 0.25) is 0 Å². The van der Waals surface area contributed by atoms with E-state index in [1.165, 1.54) is 25.7 Å². The monoisotopic (exact) mass is 277 g/mol. The van der Waals surface area contributed by atoms with Crippen molar-refractivity contribution in [3.8, 4) is 0 Å². The molecule has 0 saturated heterocycles. The first-order chi connectivity index (χ1) is 9.79. The van der Waals surface area contributed by atoms with Crippen LogP contribution in [0.15, 0.2) is 18.3 Å². The van der Waals surface area contributed by atoms with Gasteiger partial charge in [0.2, 0.25) is 0 Å². The van der Waals surface area contributed by atoms with Crippen molar-refractivity contribution in [1.82, 2.24) is 10.3 Å². The summed E-state index contributed by atoms with van der Waals surface area (Å²) in [4.78, 5) is 16.0. The first kappa shape index (κ1) is 14.8. The van der Waals surface area contributed by atoms with Crippen molar-refractivity contribution in [2.24, 2.45) is 0 Å². The maximum atomic E-state index is 11.8. The molecule has 2 rings (SSSR count). The molecule has 1 amide bonds. The Labute approximate surface area is 120 Å². The lowest BCUT2D eigenvalue weighted by Crippen LogP contribution is -2.26. The number of amides is 1. The fourth-order valence-corrected chi connectivity index (χ4v) is 2.43. The average molecular weight is 277 g/mol. The summed E-state index contributed by atoms with van der Waals surface area (Å²) in [6.07, 6.45) is 7.59. The molecule has 1 aromatic rings. The highest BCUT2D eigenvalue weighted by molar-refractivity contribution is 5.92. The van der Waals surface area contributed by atoms with Gasteiger partial charge in [-0.05, 0) is 31.4 Å². The van der Waals surface area contributed by atoms with E-state index in [9.17, 15) is 4.79 Å². The van der Waals surface area contributed by atoms with E-state index in [4.69, 9.17) is 4.74 Å². The second-order valence-corrected chi connectivity index (χ2v) is 5.16. The Morgan fingerprint density at radius 2 is 2.20 bits per heavy atom. The van der Waals surface area contributed by atoms with Gasteiger partial charge in [0.05, 0.1) is 11.9 Å². The van der Waals surface area contributed by atoms with Crippen LogP contribution < -0.4 is 10.6 Å². The first-order valence-corrected chi connectivity index (χ1v) is 7.29. The smallest absolute Gasteiger partial charge is 0.269 e. The minimum Gasteiger partial charge on any atom is -0.385 e. The van der Waals surface area contributed by atoms with Gasteiger partial charge >= 0.3 is 0 Å². The molecule has 5 nitrogen and oxygen atoms in total. The summed E-state index contributed by atoms with van der Waals surface area (Å²) >= 11 is 0.